The summed E-state index contributed by atoms with van der Waals surface area (Å²) in [7, 11) is 0. The number of aliphatic hydroxyl groups excluding tert-OH is 1. The van der Waals surface area contributed by atoms with Crippen molar-refractivity contribution in [1.82, 2.24) is 10.2 Å². The van der Waals surface area contributed by atoms with Gasteiger partial charge in [0.2, 0.25) is 5.91 Å². The lowest BCUT2D eigenvalue weighted by Gasteiger charge is -2.27. The van der Waals surface area contributed by atoms with Gasteiger partial charge < -0.3 is 15.3 Å². The summed E-state index contributed by atoms with van der Waals surface area (Å²) in [6.45, 7) is 6.54. The summed E-state index contributed by atoms with van der Waals surface area (Å²) >= 11 is 1.78. The molecule has 0 spiro atoms. The molecule has 0 aliphatic carbocycles. The van der Waals surface area contributed by atoms with Crippen LogP contribution in [0.25, 0.3) is 0 Å². The predicted octanol–water partition coefficient (Wildman–Crippen LogP) is 2.02. The maximum absolute atomic E-state index is 12.2. The fourth-order valence-corrected chi connectivity index (χ4v) is 3.79. The molecule has 0 fully saturated rings. The van der Waals surface area contributed by atoms with E-state index in [1.165, 1.54) is 10.4 Å². The summed E-state index contributed by atoms with van der Waals surface area (Å²) in [6, 6.07) is 2.11. The van der Waals surface area contributed by atoms with Gasteiger partial charge in [-0.15, -0.1) is 11.3 Å². The third-order valence-electron chi connectivity index (χ3n) is 4.38. The molecule has 0 bridgehead atoms. The molecule has 1 amide bonds. The Labute approximate surface area is 131 Å². The number of amides is 1. The van der Waals surface area contributed by atoms with Gasteiger partial charge in [-0.05, 0) is 29.3 Å². The van der Waals surface area contributed by atoms with Gasteiger partial charge >= 0.3 is 0 Å². The minimum absolute atomic E-state index is 0.128. The number of carbonyl (C=O) groups is 1. The first-order valence-corrected chi connectivity index (χ1v) is 8.75. The number of thiophene rings is 1. The number of nitrogens with zero attached hydrogens (tertiary/aromatic N) is 1. The number of fused-ring (bicyclic) bond motifs is 1. The van der Waals surface area contributed by atoms with Crippen molar-refractivity contribution < 1.29 is 9.90 Å². The SMILES string of the molecule is CCC(CC)C(O)CNCC(=O)N1CCc2sccc2C1. The molecule has 2 rings (SSSR count). The Kier molecular flexibility index (Phi) is 6.21. The first-order valence-electron chi connectivity index (χ1n) is 7.87. The Morgan fingerprint density at radius 3 is 2.95 bits per heavy atom. The second-order valence-corrected chi connectivity index (χ2v) is 6.71. The lowest BCUT2D eigenvalue weighted by Crippen LogP contribution is -2.43. The fraction of sp³-hybridized carbons (Fsp3) is 0.688. The molecular formula is C16H26N2O2S. The molecule has 4 nitrogen and oxygen atoms in total. The van der Waals surface area contributed by atoms with E-state index in [4.69, 9.17) is 0 Å². The van der Waals surface area contributed by atoms with Crippen LogP contribution in [0.4, 0.5) is 0 Å². The van der Waals surface area contributed by atoms with E-state index in [0.29, 0.717) is 19.0 Å². The predicted molar refractivity (Wildman–Crippen MR) is 86.4 cm³/mol. The van der Waals surface area contributed by atoms with Gasteiger partial charge in [0.15, 0.2) is 0 Å². The molecule has 1 aliphatic heterocycles. The summed E-state index contributed by atoms with van der Waals surface area (Å²) < 4.78 is 0. The fourth-order valence-electron chi connectivity index (χ4n) is 2.90. The molecule has 2 N–H and O–H groups in total. The Morgan fingerprint density at radius 1 is 1.48 bits per heavy atom. The van der Waals surface area contributed by atoms with Gasteiger partial charge in [0.1, 0.15) is 0 Å². The Morgan fingerprint density at radius 2 is 2.24 bits per heavy atom. The second kappa shape index (κ2) is 7.92. The first kappa shape index (κ1) is 16.5. The molecule has 5 heteroatoms. The van der Waals surface area contributed by atoms with Crippen molar-refractivity contribution in [3.05, 3.63) is 21.9 Å². The monoisotopic (exact) mass is 310 g/mol. The van der Waals surface area contributed by atoms with Crippen molar-refractivity contribution >= 4 is 17.2 Å². The summed E-state index contributed by atoms with van der Waals surface area (Å²) in [5, 5.41) is 15.3. The van der Waals surface area contributed by atoms with Gasteiger partial charge in [-0.2, -0.15) is 0 Å². The molecule has 21 heavy (non-hydrogen) atoms. The molecule has 1 aliphatic rings. The Bertz CT molecular complexity index is 457. The topological polar surface area (TPSA) is 52.6 Å². The third kappa shape index (κ3) is 4.28. The van der Waals surface area contributed by atoms with Gasteiger partial charge in [0.25, 0.3) is 0 Å². The van der Waals surface area contributed by atoms with E-state index in [2.05, 4.69) is 30.6 Å². The van der Waals surface area contributed by atoms with Crippen molar-refractivity contribution in [2.75, 3.05) is 19.6 Å². The summed E-state index contributed by atoms with van der Waals surface area (Å²) in [5.41, 5.74) is 1.29. The van der Waals surface area contributed by atoms with Crippen LogP contribution >= 0.6 is 11.3 Å². The van der Waals surface area contributed by atoms with Crippen LogP contribution in [-0.4, -0.2) is 41.7 Å². The number of hydrogen-bond donors (Lipinski definition) is 2. The van der Waals surface area contributed by atoms with E-state index < -0.39 is 0 Å². The number of rotatable bonds is 7. The number of hydrogen-bond acceptors (Lipinski definition) is 4. The van der Waals surface area contributed by atoms with Crippen molar-refractivity contribution in [2.45, 2.75) is 45.8 Å². The summed E-state index contributed by atoms with van der Waals surface area (Å²) in [6.07, 6.45) is 2.55. The van der Waals surface area contributed by atoms with Crippen LogP contribution in [0.1, 0.15) is 37.1 Å². The van der Waals surface area contributed by atoms with E-state index in [0.717, 1.165) is 32.4 Å². The molecule has 1 atom stereocenters. The number of aliphatic hydroxyl groups is 1. The standard InChI is InChI=1S/C16H26N2O2S/c1-3-12(4-2)14(19)9-17-10-16(20)18-7-5-15-13(11-18)6-8-21-15/h6,8,12,14,17,19H,3-5,7,9-11H2,1-2H3. The zero-order chi connectivity index (χ0) is 15.2. The van der Waals surface area contributed by atoms with Crippen molar-refractivity contribution in [2.24, 2.45) is 5.92 Å². The van der Waals surface area contributed by atoms with Crippen LogP contribution in [-0.2, 0) is 17.8 Å². The summed E-state index contributed by atoms with van der Waals surface area (Å²) in [4.78, 5) is 15.5. The molecule has 0 aromatic carbocycles. The molecular weight excluding hydrogens is 284 g/mol. The lowest BCUT2D eigenvalue weighted by molar-refractivity contribution is -0.131. The van der Waals surface area contributed by atoms with Gasteiger partial charge in [-0.3, -0.25) is 4.79 Å². The van der Waals surface area contributed by atoms with Gasteiger partial charge in [0, 0.05) is 24.5 Å². The zero-order valence-electron chi connectivity index (χ0n) is 13.0. The molecule has 118 valence electrons. The largest absolute Gasteiger partial charge is 0.392 e. The normalized spacial score (nSPS) is 16.1. The van der Waals surface area contributed by atoms with Crippen LogP contribution < -0.4 is 5.32 Å². The highest BCUT2D eigenvalue weighted by atomic mass is 32.1. The second-order valence-electron chi connectivity index (χ2n) is 5.71. The highest BCUT2D eigenvalue weighted by Gasteiger charge is 2.21. The van der Waals surface area contributed by atoms with E-state index in [1.54, 1.807) is 11.3 Å². The highest BCUT2D eigenvalue weighted by Crippen LogP contribution is 2.23. The first-order chi connectivity index (χ1) is 10.2. The molecule has 0 radical (unpaired) electrons. The van der Waals surface area contributed by atoms with Gasteiger partial charge in [-0.25, -0.2) is 0 Å². The quantitative estimate of drug-likeness (QED) is 0.810. The van der Waals surface area contributed by atoms with E-state index in [1.807, 2.05) is 4.90 Å². The van der Waals surface area contributed by atoms with E-state index >= 15 is 0 Å². The van der Waals surface area contributed by atoms with E-state index in [9.17, 15) is 9.90 Å². The highest BCUT2D eigenvalue weighted by molar-refractivity contribution is 7.10. The molecule has 1 aromatic rings. The zero-order valence-corrected chi connectivity index (χ0v) is 13.8. The molecule has 1 unspecified atom stereocenters. The van der Waals surface area contributed by atoms with Crippen molar-refractivity contribution in [1.29, 1.82) is 0 Å². The van der Waals surface area contributed by atoms with Crippen LogP contribution in [0.5, 0.6) is 0 Å². The van der Waals surface area contributed by atoms with E-state index in [-0.39, 0.29) is 12.0 Å². The maximum Gasteiger partial charge on any atom is 0.236 e. The Balaban J connectivity index is 1.73. The third-order valence-corrected chi connectivity index (χ3v) is 5.41. The maximum atomic E-state index is 12.2. The lowest BCUT2D eigenvalue weighted by atomic mass is 9.96. The average Bonchev–Trinajstić information content (AvgIpc) is 2.95. The van der Waals surface area contributed by atoms with Crippen LogP contribution in [0.3, 0.4) is 0 Å². The van der Waals surface area contributed by atoms with Crippen LogP contribution in [0, 0.1) is 5.92 Å². The molecule has 0 saturated heterocycles. The van der Waals surface area contributed by atoms with Gasteiger partial charge in [0.05, 0.1) is 12.6 Å². The Hall–Kier alpha value is -0.910. The number of carbonyl (C=O) groups excluding carboxylic acids is 1. The van der Waals surface area contributed by atoms with Gasteiger partial charge in [-0.1, -0.05) is 26.7 Å². The summed E-state index contributed by atoms with van der Waals surface area (Å²) in [5.74, 6) is 0.444. The van der Waals surface area contributed by atoms with Crippen LogP contribution in [0.15, 0.2) is 11.4 Å². The molecule has 2 heterocycles. The van der Waals surface area contributed by atoms with Crippen LogP contribution in [0.2, 0.25) is 0 Å². The molecule has 1 aromatic heterocycles. The number of nitrogens with one attached hydrogen (secondary N) is 1. The minimum Gasteiger partial charge on any atom is -0.392 e. The van der Waals surface area contributed by atoms with Crippen molar-refractivity contribution in [3.63, 3.8) is 0 Å². The van der Waals surface area contributed by atoms with Crippen molar-refractivity contribution in [3.8, 4) is 0 Å². The minimum atomic E-state index is -0.363. The molecule has 0 saturated carbocycles. The smallest absolute Gasteiger partial charge is 0.236 e. The average molecular weight is 310 g/mol.